The second-order valence-corrected chi connectivity index (χ2v) is 4.59. The molecule has 1 aliphatic heterocycles. The molecule has 1 aliphatic rings. The van der Waals surface area contributed by atoms with Crippen LogP contribution >= 0.6 is 0 Å². The topological polar surface area (TPSA) is 72.3 Å². The van der Waals surface area contributed by atoms with Crippen LogP contribution in [0.1, 0.15) is 25.7 Å². The zero-order valence-electron chi connectivity index (χ0n) is 11.0. The normalized spacial score (nSPS) is 21.7. The maximum absolute atomic E-state index is 12.1. The van der Waals surface area contributed by atoms with Gasteiger partial charge in [0, 0.05) is 13.6 Å². The fourth-order valence-corrected chi connectivity index (χ4v) is 2.05. The van der Waals surface area contributed by atoms with E-state index in [0.717, 1.165) is 5.82 Å². The van der Waals surface area contributed by atoms with Crippen LogP contribution in [0.3, 0.4) is 0 Å². The highest BCUT2D eigenvalue weighted by atomic mass is 16.5. The van der Waals surface area contributed by atoms with Crippen molar-refractivity contribution in [3.8, 4) is 0 Å². The Labute approximate surface area is 106 Å². The molecular formula is C11H19N5O2. The molecule has 7 heteroatoms. The molecule has 1 aromatic rings. The van der Waals surface area contributed by atoms with Crippen LogP contribution in [0.5, 0.6) is 0 Å². The van der Waals surface area contributed by atoms with Crippen molar-refractivity contribution >= 4 is 6.03 Å². The molecule has 0 radical (unpaired) electrons. The summed E-state index contributed by atoms with van der Waals surface area (Å²) in [7, 11) is 1.86. The monoisotopic (exact) mass is 253 g/mol. The van der Waals surface area contributed by atoms with Crippen molar-refractivity contribution in [2.24, 2.45) is 7.05 Å². The molecular weight excluding hydrogens is 234 g/mol. The molecule has 1 N–H and O–H groups in total. The molecule has 0 bridgehead atoms. The van der Waals surface area contributed by atoms with Crippen LogP contribution in [0, 0.1) is 0 Å². The van der Waals surface area contributed by atoms with Crippen LogP contribution in [-0.2, 0) is 11.8 Å². The van der Waals surface area contributed by atoms with Crippen LogP contribution in [0.2, 0.25) is 0 Å². The lowest BCUT2D eigenvalue weighted by Crippen LogP contribution is -2.51. The average molecular weight is 253 g/mol. The number of rotatable bonds is 2. The number of morpholine rings is 1. The molecule has 2 amide bonds. The Hall–Kier alpha value is -1.63. The molecule has 0 saturated carbocycles. The fraction of sp³-hybridized carbons (Fsp3) is 0.727. The quantitative estimate of drug-likeness (QED) is 0.823. The molecule has 2 atom stereocenters. The summed E-state index contributed by atoms with van der Waals surface area (Å²) < 4.78 is 7.11. The summed E-state index contributed by atoms with van der Waals surface area (Å²) in [4.78, 5) is 13.9. The van der Waals surface area contributed by atoms with E-state index in [0.29, 0.717) is 19.8 Å². The Balaban J connectivity index is 1.96. The number of urea groups is 1. The van der Waals surface area contributed by atoms with Gasteiger partial charge < -0.3 is 19.5 Å². The first-order chi connectivity index (χ1) is 8.59. The highest BCUT2D eigenvalue weighted by Gasteiger charge is 2.25. The highest BCUT2D eigenvalue weighted by molar-refractivity contribution is 5.75. The summed E-state index contributed by atoms with van der Waals surface area (Å²) in [5, 5.41) is 10.7. The summed E-state index contributed by atoms with van der Waals surface area (Å²) in [6, 6.07) is -0.146. The van der Waals surface area contributed by atoms with Crippen LogP contribution in [0.25, 0.3) is 0 Å². The summed E-state index contributed by atoms with van der Waals surface area (Å²) in [5.74, 6) is 0.740. The van der Waals surface area contributed by atoms with Gasteiger partial charge in [-0.3, -0.25) is 0 Å². The zero-order chi connectivity index (χ0) is 13.1. The lowest BCUT2D eigenvalue weighted by atomic mass is 10.2. The molecule has 2 rings (SSSR count). The number of hydrogen-bond acceptors (Lipinski definition) is 4. The third-order valence-corrected chi connectivity index (χ3v) is 3.10. The Morgan fingerprint density at radius 3 is 3.06 bits per heavy atom. The number of nitrogens with one attached hydrogen (secondary N) is 1. The number of amides is 2. The molecule has 1 saturated heterocycles. The van der Waals surface area contributed by atoms with Gasteiger partial charge in [-0.25, -0.2) is 4.79 Å². The minimum Gasteiger partial charge on any atom is -0.377 e. The molecule has 2 unspecified atom stereocenters. The first kappa shape index (κ1) is 12.8. The molecule has 0 aliphatic carbocycles. The first-order valence-electron chi connectivity index (χ1n) is 6.08. The first-order valence-corrected chi connectivity index (χ1v) is 6.08. The van der Waals surface area contributed by atoms with Crippen molar-refractivity contribution < 1.29 is 9.53 Å². The van der Waals surface area contributed by atoms with Gasteiger partial charge in [-0.15, -0.1) is 10.2 Å². The van der Waals surface area contributed by atoms with Crippen molar-refractivity contribution in [2.45, 2.75) is 25.9 Å². The summed E-state index contributed by atoms with van der Waals surface area (Å²) in [6.07, 6.45) is 1.62. The molecule has 1 fully saturated rings. The fourth-order valence-electron chi connectivity index (χ4n) is 2.05. The second-order valence-electron chi connectivity index (χ2n) is 4.59. The van der Waals surface area contributed by atoms with Crippen LogP contribution in [-0.4, -0.2) is 51.5 Å². The van der Waals surface area contributed by atoms with Crippen molar-refractivity contribution in [1.29, 1.82) is 0 Å². The lowest BCUT2D eigenvalue weighted by Gasteiger charge is -2.34. The summed E-state index contributed by atoms with van der Waals surface area (Å²) in [6.45, 7) is 5.68. The maximum atomic E-state index is 12.1. The molecule has 2 heterocycles. The van der Waals surface area contributed by atoms with Crippen LogP contribution < -0.4 is 5.32 Å². The average Bonchev–Trinajstić information content (AvgIpc) is 2.76. The molecule has 18 heavy (non-hydrogen) atoms. The van der Waals surface area contributed by atoms with Crippen molar-refractivity contribution in [3.05, 3.63) is 12.2 Å². The van der Waals surface area contributed by atoms with E-state index in [4.69, 9.17) is 4.74 Å². The van der Waals surface area contributed by atoms with Gasteiger partial charge in [0.1, 0.15) is 6.33 Å². The Bertz CT molecular complexity index is 419. The van der Waals surface area contributed by atoms with Gasteiger partial charge in [0.25, 0.3) is 0 Å². The van der Waals surface area contributed by atoms with E-state index in [1.165, 1.54) is 0 Å². The molecule has 7 nitrogen and oxygen atoms in total. The third-order valence-electron chi connectivity index (χ3n) is 3.10. The van der Waals surface area contributed by atoms with Gasteiger partial charge in [-0.1, -0.05) is 0 Å². The SMILES string of the molecule is CC(NC(=O)N1CCOCC1C)c1nncn1C. The van der Waals surface area contributed by atoms with Crippen molar-refractivity contribution in [1.82, 2.24) is 25.0 Å². The van der Waals surface area contributed by atoms with Gasteiger partial charge >= 0.3 is 6.03 Å². The minimum absolute atomic E-state index is 0.0821. The van der Waals surface area contributed by atoms with E-state index >= 15 is 0 Å². The Kier molecular flexibility index (Phi) is 3.81. The zero-order valence-corrected chi connectivity index (χ0v) is 11.0. The van der Waals surface area contributed by atoms with E-state index < -0.39 is 0 Å². The second kappa shape index (κ2) is 5.34. The van der Waals surface area contributed by atoms with E-state index in [-0.39, 0.29) is 18.1 Å². The van der Waals surface area contributed by atoms with Gasteiger partial charge in [-0.05, 0) is 13.8 Å². The summed E-state index contributed by atoms with van der Waals surface area (Å²) >= 11 is 0. The van der Waals surface area contributed by atoms with Gasteiger partial charge in [0.2, 0.25) is 0 Å². The Morgan fingerprint density at radius 2 is 2.44 bits per heavy atom. The minimum atomic E-state index is -0.167. The van der Waals surface area contributed by atoms with E-state index in [2.05, 4.69) is 15.5 Å². The summed E-state index contributed by atoms with van der Waals surface area (Å²) in [5.41, 5.74) is 0. The van der Waals surface area contributed by atoms with Gasteiger partial charge in [0.05, 0.1) is 25.3 Å². The Morgan fingerprint density at radius 1 is 1.67 bits per heavy atom. The standard InChI is InChI=1S/C11H19N5O2/c1-8-6-18-5-4-16(8)11(17)13-9(2)10-14-12-7-15(10)3/h7-9H,4-6H2,1-3H3,(H,13,17). The van der Waals surface area contributed by atoms with Gasteiger partial charge in [0.15, 0.2) is 5.82 Å². The predicted octanol–water partition coefficient (Wildman–Crippen LogP) is 0.306. The predicted molar refractivity (Wildman–Crippen MR) is 64.9 cm³/mol. The lowest BCUT2D eigenvalue weighted by molar-refractivity contribution is 0.0184. The number of hydrogen-bond donors (Lipinski definition) is 1. The van der Waals surface area contributed by atoms with Crippen LogP contribution in [0.4, 0.5) is 4.79 Å². The maximum Gasteiger partial charge on any atom is 0.318 e. The molecule has 100 valence electrons. The number of nitrogens with zero attached hydrogens (tertiary/aromatic N) is 4. The van der Waals surface area contributed by atoms with E-state index in [1.807, 2.05) is 20.9 Å². The third kappa shape index (κ3) is 2.61. The number of aromatic nitrogens is 3. The number of carbonyl (C=O) groups is 1. The van der Waals surface area contributed by atoms with Crippen LogP contribution in [0.15, 0.2) is 6.33 Å². The smallest absolute Gasteiger partial charge is 0.318 e. The molecule has 1 aromatic heterocycles. The number of carbonyl (C=O) groups excluding carboxylic acids is 1. The van der Waals surface area contributed by atoms with Gasteiger partial charge in [-0.2, -0.15) is 0 Å². The van der Waals surface area contributed by atoms with E-state index in [1.54, 1.807) is 15.8 Å². The molecule has 0 spiro atoms. The van der Waals surface area contributed by atoms with Crippen molar-refractivity contribution in [2.75, 3.05) is 19.8 Å². The van der Waals surface area contributed by atoms with Crippen molar-refractivity contribution in [3.63, 3.8) is 0 Å². The number of aryl methyl sites for hydroxylation is 1. The van der Waals surface area contributed by atoms with E-state index in [9.17, 15) is 4.79 Å². The largest absolute Gasteiger partial charge is 0.377 e. The highest BCUT2D eigenvalue weighted by Crippen LogP contribution is 2.11. The molecule has 0 aromatic carbocycles. The number of ether oxygens (including phenoxy) is 1.